The number of aryl methyl sites for hydroxylation is 1. The first-order chi connectivity index (χ1) is 19.0. The lowest BCUT2D eigenvalue weighted by Crippen LogP contribution is -2.37. The molecule has 0 spiro atoms. The molecule has 2 aromatic carbocycles. The molecular weight excluding hydrogens is 530 g/mol. The minimum atomic E-state index is -0.534. The van der Waals surface area contributed by atoms with Gasteiger partial charge in [0.15, 0.2) is 0 Å². The molecular formula is C28H33N7O4S. The minimum Gasteiger partial charge on any atom is -0.462 e. The van der Waals surface area contributed by atoms with Crippen LogP contribution in [0.25, 0.3) is 11.0 Å². The Morgan fingerprint density at radius 2 is 1.80 bits per heavy atom. The fraction of sp³-hybridized carbons (Fsp3) is 0.214. The van der Waals surface area contributed by atoms with Crippen LogP contribution in [0.3, 0.4) is 0 Å². The van der Waals surface area contributed by atoms with Gasteiger partial charge in [0.25, 0.3) is 0 Å². The number of fused-ring (bicyclic) bond motifs is 1. The largest absolute Gasteiger partial charge is 0.462 e. The first-order valence-electron chi connectivity index (χ1n) is 12.4. The predicted molar refractivity (Wildman–Crippen MR) is 160 cm³/mol. The van der Waals surface area contributed by atoms with E-state index in [4.69, 9.17) is 16.2 Å². The fourth-order valence-corrected chi connectivity index (χ4v) is 4.53. The van der Waals surface area contributed by atoms with E-state index < -0.39 is 17.8 Å². The minimum absolute atomic E-state index is 0.231. The van der Waals surface area contributed by atoms with Gasteiger partial charge in [0.05, 0.1) is 40.5 Å². The van der Waals surface area contributed by atoms with E-state index in [-0.39, 0.29) is 11.5 Å². The van der Waals surface area contributed by atoms with Gasteiger partial charge in [0.2, 0.25) is 11.8 Å². The van der Waals surface area contributed by atoms with Crippen LogP contribution < -0.4 is 27.2 Å². The second-order valence-electron chi connectivity index (χ2n) is 8.55. The molecule has 0 saturated carbocycles. The van der Waals surface area contributed by atoms with Gasteiger partial charge in [-0.25, -0.2) is 9.78 Å². The van der Waals surface area contributed by atoms with Crippen LogP contribution in [-0.2, 0) is 16.1 Å². The first-order valence-corrected chi connectivity index (χ1v) is 13.2. The molecule has 0 atom stereocenters. The highest BCUT2D eigenvalue weighted by molar-refractivity contribution is 8.07. The monoisotopic (exact) mass is 563 g/mol. The van der Waals surface area contributed by atoms with Crippen LogP contribution in [0.2, 0.25) is 0 Å². The third-order valence-corrected chi connectivity index (χ3v) is 6.68. The molecule has 3 aromatic rings. The topological polar surface area (TPSA) is 158 Å². The zero-order valence-corrected chi connectivity index (χ0v) is 23.5. The standard InChI is InChI=1S/C28H33N7O4S/c1-6-39-28(38)18(3)40-17(2)11-12-32-35(25-10-8-20(26(29)36)15-22(25)31-5)14-13-34-19(4)33-23-16-21(27(30)37)7-9-24(23)34/h7-12,15-16,31-32H,2-3,6,13-14H2,1,4-5H3,(H2,29,36)(H2,30,37)/b12-11-. The number of hydrogen-bond donors (Lipinski definition) is 4. The molecule has 0 radical (unpaired) electrons. The van der Waals surface area contributed by atoms with Crippen molar-refractivity contribution in [1.82, 2.24) is 15.0 Å². The van der Waals surface area contributed by atoms with E-state index in [1.807, 2.05) is 22.6 Å². The normalized spacial score (nSPS) is 10.9. The van der Waals surface area contributed by atoms with Crippen molar-refractivity contribution in [3.05, 3.63) is 88.6 Å². The van der Waals surface area contributed by atoms with Crippen molar-refractivity contribution < 1.29 is 19.1 Å². The van der Waals surface area contributed by atoms with Crippen LogP contribution in [0.4, 0.5) is 11.4 Å². The number of carbonyl (C=O) groups is 3. The summed E-state index contributed by atoms with van der Waals surface area (Å²) in [6, 6.07) is 10.3. The molecule has 0 aliphatic heterocycles. The molecule has 11 nitrogen and oxygen atoms in total. The number of amides is 2. The molecule has 40 heavy (non-hydrogen) atoms. The van der Waals surface area contributed by atoms with E-state index in [0.29, 0.717) is 40.3 Å². The van der Waals surface area contributed by atoms with Crippen molar-refractivity contribution in [2.45, 2.75) is 20.4 Å². The smallest absolute Gasteiger partial charge is 0.344 e. The van der Waals surface area contributed by atoms with Crippen molar-refractivity contribution >= 4 is 52.0 Å². The van der Waals surface area contributed by atoms with Gasteiger partial charge in [-0.3, -0.25) is 14.6 Å². The van der Waals surface area contributed by atoms with Gasteiger partial charge >= 0.3 is 5.97 Å². The molecule has 0 saturated heterocycles. The number of ether oxygens (including phenoxy) is 1. The number of nitrogens with one attached hydrogen (secondary N) is 2. The lowest BCUT2D eigenvalue weighted by atomic mass is 10.1. The Kier molecular flexibility index (Phi) is 9.98. The predicted octanol–water partition coefficient (Wildman–Crippen LogP) is 3.43. The number of nitrogens with two attached hydrogens (primary N) is 2. The first kappa shape index (κ1) is 29.8. The number of carbonyl (C=O) groups excluding carboxylic acids is 3. The van der Waals surface area contributed by atoms with Crippen molar-refractivity contribution in [3.63, 3.8) is 0 Å². The summed E-state index contributed by atoms with van der Waals surface area (Å²) in [5.74, 6) is -0.766. The zero-order chi connectivity index (χ0) is 29.4. The van der Waals surface area contributed by atoms with E-state index in [1.165, 1.54) is 0 Å². The number of esters is 1. The van der Waals surface area contributed by atoms with Crippen LogP contribution >= 0.6 is 11.8 Å². The molecule has 210 valence electrons. The number of thioether (sulfide) groups is 1. The highest BCUT2D eigenvalue weighted by Crippen LogP contribution is 2.27. The number of allylic oxidation sites excluding steroid dienone is 1. The third-order valence-electron chi connectivity index (χ3n) is 5.87. The number of hydrogen-bond acceptors (Lipinski definition) is 9. The quantitative estimate of drug-likeness (QED) is 0.0998. The Morgan fingerprint density at radius 3 is 2.45 bits per heavy atom. The summed E-state index contributed by atoms with van der Waals surface area (Å²) in [6.07, 6.45) is 3.40. The summed E-state index contributed by atoms with van der Waals surface area (Å²) >= 11 is 1.11. The van der Waals surface area contributed by atoms with Crippen LogP contribution in [0.5, 0.6) is 0 Å². The highest BCUT2D eigenvalue weighted by Gasteiger charge is 2.16. The summed E-state index contributed by atoms with van der Waals surface area (Å²) in [5, 5.41) is 4.99. The maximum atomic E-state index is 11.9. The van der Waals surface area contributed by atoms with Gasteiger partial charge in [0, 0.05) is 35.8 Å². The number of imidazole rings is 1. The van der Waals surface area contributed by atoms with Gasteiger partial charge in [-0.05, 0) is 56.3 Å². The number of hydrazine groups is 1. The maximum Gasteiger partial charge on any atom is 0.344 e. The summed E-state index contributed by atoms with van der Waals surface area (Å²) in [4.78, 5) is 40.6. The Balaban J connectivity index is 1.86. The summed E-state index contributed by atoms with van der Waals surface area (Å²) in [6.45, 7) is 12.6. The van der Waals surface area contributed by atoms with Gasteiger partial charge in [0.1, 0.15) is 5.82 Å². The highest BCUT2D eigenvalue weighted by atomic mass is 32.2. The number of benzene rings is 2. The average Bonchev–Trinajstić information content (AvgIpc) is 3.24. The molecule has 0 aliphatic carbocycles. The Bertz CT molecular complexity index is 1500. The second-order valence-corrected chi connectivity index (χ2v) is 9.77. The Hall–Kier alpha value is -4.71. The van der Waals surface area contributed by atoms with E-state index >= 15 is 0 Å². The van der Waals surface area contributed by atoms with Crippen LogP contribution in [0, 0.1) is 6.92 Å². The Labute approximate surface area is 236 Å². The van der Waals surface area contributed by atoms with Gasteiger partial charge < -0.3 is 31.5 Å². The molecule has 3 rings (SSSR count). The van der Waals surface area contributed by atoms with E-state index in [0.717, 1.165) is 28.8 Å². The van der Waals surface area contributed by atoms with Gasteiger partial charge in [-0.2, -0.15) is 0 Å². The molecule has 1 aromatic heterocycles. The molecule has 0 aliphatic rings. The number of aromatic nitrogens is 2. The van der Waals surface area contributed by atoms with Gasteiger partial charge in [-0.1, -0.05) is 24.9 Å². The molecule has 0 unspecified atom stereocenters. The fourth-order valence-electron chi connectivity index (χ4n) is 3.93. The number of rotatable bonds is 14. The number of nitrogens with zero attached hydrogens (tertiary/aromatic N) is 3. The van der Waals surface area contributed by atoms with Crippen molar-refractivity contribution in [3.8, 4) is 0 Å². The molecule has 2 amide bonds. The Morgan fingerprint density at radius 1 is 1.12 bits per heavy atom. The molecule has 0 fully saturated rings. The molecule has 6 N–H and O–H groups in total. The molecule has 1 heterocycles. The number of anilines is 2. The van der Waals surface area contributed by atoms with Crippen molar-refractivity contribution in [2.75, 3.05) is 30.5 Å². The van der Waals surface area contributed by atoms with E-state index in [2.05, 4.69) is 28.9 Å². The lowest BCUT2D eigenvalue weighted by Gasteiger charge is -2.27. The van der Waals surface area contributed by atoms with Crippen LogP contribution in [0.15, 0.2) is 71.6 Å². The summed E-state index contributed by atoms with van der Waals surface area (Å²) < 4.78 is 7.00. The van der Waals surface area contributed by atoms with Crippen LogP contribution in [0.1, 0.15) is 33.5 Å². The summed E-state index contributed by atoms with van der Waals surface area (Å²) in [5.41, 5.74) is 17.9. The average molecular weight is 564 g/mol. The zero-order valence-electron chi connectivity index (χ0n) is 22.7. The SMILES string of the molecule is C=C(/C=C\NN(CCn1c(C)nc2cc(C(N)=O)ccc21)c1ccc(C(N)=O)cc1NC)SC(=C)C(=O)OCC. The number of primary amides is 2. The molecule has 12 heteroatoms. The van der Waals surface area contributed by atoms with Crippen LogP contribution in [-0.4, -0.2) is 47.5 Å². The summed E-state index contributed by atoms with van der Waals surface area (Å²) in [7, 11) is 1.75. The van der Waals surface area contributed by atoms with Crippen molar-refractivity contribution in [2.24, 2.45) is 11.5 Å². The second kappa shape index (κ2) is 13.4. The maximum absolute atomic E-state index is 11.9. The van der Waals surface area contributed by atoms with Crippen molar-refractivity contribution in [1.29, 1.82) is 0 Å². The molecule has 0 bridgehead atoms. The van der Waals surface area contributed by atoms with E-state index in [9.17, 15) is 14.4 Å². The van der Waals surface area contributed by atoms with Gasteiger partial charge in [-0.15, -0.1) is 0 Å². The van der Waals surface area contributed by atoms with E-state index in [1.54, 1.807) is 56.6 Å². The lowest BCUT2D eigenvalue weighted by molar-refractivity contribution is -0.137. The third kappa shape index (κ3) is 7.23.